The van der Waals surface area contributed by atoms with Gasteiger partial charge in [-0.1, -0.05) is 17.9 Å². The first-order valence-corrected chi connectivity index (χ1v) is 13.7. The molecule has 15 nitrogen and oxygen atoms in total. The molecule has 19 heteroatoms. The number of halogens is 2. The third-order valence-corrected chi connectivity index (χ3v) is 7.83. The third kappa shape index (κ3) is 7.42. The molecule has 1 fully saturated rings. The van der Waals surface area contributed by atoms with E-state index in [4.69, 9.17) is 24.3 Å². The number of thiophene rings is 1. The van der Waals surface area contributed by atoms with Crippen LogP contribution in [0.2, 0.25) is 0 Å². The van der Waals surface area contributed by atoms with Crippen LogP contribution in [-0.2, 0) is 34.5 Å². The lowest BCUT2D eigenvalue weighted by atomic mass is 10.1. The minimum Gasteiger partial charge on any atom is -0.462 e. The van der Waals surface area contributed by atoms with Crippen LogP contribution in [0.5, 0.6) is 0 Å². The molecule has 1 aromatic rings. The number of ether oxygens (including phenoxy) is 2. The summed E-state index contributed by atoms with van der Waals surface area (Å²) in [6, 6.07) is 1.34. The van der Waals surface area contributed by atoms with Crippen molar-refractivity contribution >= 4 is 42.4 Å². The molecule has 1 aromatic heterocycles. The lowest BCUT2D eigenvalue weighted by molar-refractivity contribution is -0.380. The molecule has 1 unspecified atom stereocenters. The van der Waals surface area contributed by atoms with Gasteiger partial charge in [-0.25, -0.2) is 14.6 Å². The SMILES string of the molecule is C=C1N=C(N)N=CN1[C@@H]1O[C@H](COP(=O)(N[C@@H](C)C(=O)OC(C)C)OCc2ccc([N+](=O)[O-])s2)[C@H](O)C1(F)F. The number of esters is 1. The smallest absolute Gasteiger partial charge is 0.406 e. The molecule has 3 heterocycles. The Labute approximate surface area is 225 Å². The van der Waals surface area contributed by atoms with E-state index in [2.05, 4.69) is 21.7 Å². The van der Waals surface area contributed by atoms with Crippen molar-refractivity contribution in [3.63, 3.8) is 0 Å². The molecule has 39 heavy (non-hydrogen) atoms. The fraction of sp³-hybridized carbons (Fsp3) is 0.550. The Hall–Kier alpha value is -2.86. The zero-order valence-electron chi connectivity index (χ0n) is 20.9. The molecular formula is C20H27F2N6O9PS. The lowest BCUT2D eigenvalue weighted by Crippen LogP contribution is -2.49. The summed E-state index contributed by atoms with van der Waals surface area (Å²) < 4.78 is 64.4. The molecule has 0 aromatic carbocycles. The fourth-order valence-corrected chi connectivity index (χ4v) is 5.58. The second-order valence-corrected chi connectivity index (χ2v) is 11.5. The average Bonchev–Trinajstić information content (AvgIpc) is 3.40. The van der Waals surface area contributed by atoms with E-state index >= 15 is 0 Å². The van der Waals surface area contributed by atoms with Crippen molar-refractivity contribution < 1.29 is 46.7 Å². The Morgan fingerprint density at radius 2 is 2.13 bits per heavy atom. The van der Waals surface area contributed by atoms with Crippen LogP contribution in [0.15, 0.2) is 34.5 Å². The number of hydrogen-bond acceptors (Lipinski definition) is 14. The molecule has 216 valence electrons. The number of hydrogen-bond donors (Lipinski definition) is 3. The molecule has 0 radical (unpaired) electrons. The van der Waals surface area contributed by atoms with Gasteiger partial charge in [0, 0.05) is 10.9 Å². The molecule has 4 N–H and O–H groups in total. The maximum atomic E-state index is 14.9. The van der Waals surface area contributed by atoms with E-state index in [-0.39, 0.29) is 21.7 Å². The van der Waals surface area contributed by atoms with Gasteiger partial charge >= 0.3 is 24.6 Å². The number of nitrogens with one attached hydrogen (secondary N) is 1. The van der Waals surface area contributed by atoms with E-state index in [0.717, 1.165) is 22.6 Å². The standard InChI is InChI=1S/C20H27F2N6O9PS/c1-10(2)36-17(30)11(3)26-38(33,34-7-13-5-6-15(39-13)28(31)32)35-8-14-16(29)20(21,22)18(37-14)27-9-24-19(23)25-12(27)4/h5-6,9-11,14,16,18,29H,4,7-8H2,1-3H3,(H2,23,25)(H,26,33)/t11-,14+,16-,18+,38?/m0/s1. The molecular weight excluding hydrogens is 569 g/mol. The van der Waals surface area contributed by atoms with E-state index in [1.54, 1.807) is 13.8 Å². The van der Waals surface area contributed by atoms with Gasteiger partial charge in [-0.05, 0) is 26.8 Å². The number of rotatable bonds is 12. The van der Waals surface area contributed by atoms with Crippen LogP contribution in [0, 0.1) is 10.1 Å². The molecule has 0 amide bonds. The quantitative estimate of drug-likeness (QED) is 0.137. The summed E-state index contributed by atoms with van der Waals surface area (Å²) >= 11 is 0.746. The first-order chi connectivity index (χ1) is 18.1. The zero-order chi connectivity index (χ0) is 29.1. The zero-order valence-corrected chi connectivity index (χ0v) is 22.6. The van der Waals surface area contributed by atoms with Crippen LogP contribution in [0.4, 0.5) is 13.8 Å². The van der Waals surface area contributed by atoms with Gasteiger partial charge in [0.05, 0.1) is 24.2 Å². The summed E-state index contributed by atoms with van der Waals surface area (Å²) in [5.74, 6) is -5.13. The number of aliphatic hydroxyl groups excluding tert-OH is 1. The van der Waals surface area contributed by atoms with Crippen molar-refractivity contribution in [1.29, 1.82) is 0 Å². The molecule has 0 bridgehead atoms. The van der Waals surface area contributed by atoms with Gasteiger partial charge in [-0.15, -0.1) is 0 Å². The van der Waals surface area contributed by atoms with E-state index < -0.39 is 68.4 Å². The van der Waals surface area contributed by atoms with Crippen molar-refractivity contribution in [3.8, 4) is 0 Å². The van der Waals surface area contributed by atoms with Crippen LogP contribution >= 0.6 is 19.1 Å². The molecule has 1 saturated heterocycles. The number of carbonyl (C=O) groups excluding carboxylic acids is 1. The van der Waals surface area contributed by atoms with E-state index in [1.165, 1.54) is 19.1 Å². The molecule has 0 spiro atoms. The van der Waals surface area contributed by atoms with Crippen molar-refractivity contribution in [2.24, 2.45) is 15.7 Å². The summed E-state index contributed by atoms with van der Waals surface area (Å²) in [5, 5.41) is 23.4. The number of aliphatic hydroxyl groups is 1. The molecule has 5 atom stereocenters. The average molecular weight is 597 g/mol. The Morgan fingerprint density at radius 3 is 2.72 bits per heavy atom. The summed E-state index contributed by atoms with van der Waals surface area (Å²) in [5.41, 5.74) is 5.43. The first kappa shape index (κ1) is 30.7. The van der Waals surface area contributed by atoms with Gasteiger partial charge in [-0.2, -0.15) is 13.8 Å². The predicted molar refractivity (Wildman–Crippen MR) is 134 cm³/mol. The van der Waals surface area contributed by atoms with E-state index in [0.29, 0.717) is 0 Å². The van der Waals surface area contributed by atoms with Crippen molar-refractivity contribution in [3.05, 3.63) is 39.5 Å². The van der Waals surface area contributed by atoms with Gasteiger partial charge in [0.25, 0.3) is 0 Å². The fourth-order valence-electron chi connectivity index (χ4n) is 3.31. The highest BCUT2D eigenvalue weighted by Gasteiger charge is 2.61. The minimum absolute atomic E-state index is 0.198. The lowest BCUT2D eigenvalue weighted by Gasteiger charge is -2.30. The molecule has 0 saturated carbocycles. The Balaban J connectivity index is 1.74. The van der Waals surface area contributed by atoms with E-state index in [1.807, 2.05) is 0 Å². The Morgan fingerprint density at radius 1 is 1.44 bits per heavy atom. The van der Waals surface area contributed by atoms with Crippen molar-refractivity contribution in [1.82, 2.24) is 9.99 Å². The number of nitrogens with two attached hydrogens (primary N) is 1. The van der Waals surface area contributed by atoms with Gasteiger partial charge < -0.3 is 20.3 Å². The first-order valence-electron chi connectivity index (χ1n) is 11.3. The Kier molecular flexibility index (Phi) is 9.53. The van der Waals surface area contributed by atoms with Crippen LogP contribution in [0.1, 0.15) is 25.6 Å². The Bertz CT molecular complexity index is 1210. The van der Waals surface area contributed by atoms with Gasteiger partial charge in [0.2, 0.25) is 12.2 Å². The maximum Gasteiger partial charge on any atom is 0.406 e. The number of alkyl halides is 2. The third-order valence-electron chi connectivity index (χ3n) is 5.16. The molecule has 2 aliphatic rings. The molecule has 0 aliphatic carbocycles. The topological polar surface area (TPSA) is 200 Å². The monoisotopic (exact) mass is 596 g/mol. The minimum atomic E-state index is -4.49. The highest BCUT2D eigenvalue weighted by molar-refractivity contribution is 7.51. The van der Waals surface area contributed by atoms with Gasteiger partial charge in [0.15, 0.2) is 6.10 Å². The normalized spacial score (nSPS) is 24.9. The van der Waals surface area contributed by atoms with Crippen molar-refractivity contribution in [2.75, 3.05) is 6.61 Å². The van der Waals surface area contributed by atoms with Crippen molar-refractivity contribution in [2.45, 2.75) is 63.9 Å². The summed E-state index contributed by atoms with van der Waals surface area (Å²) in [6.45, 7) is 6.67. The molecule has 2 aliphatic heterocycles. The largest absolute Gasteiger partial charge is 0.462 e. The van der Waals surface area contributed by atoms with Gasteiger partial charge in [-0.3, -0.25) is 28.9 Å². The van der Waals surface area contributed by atoms with Crippen LogP contribution < -0.4 is 10.8 Å². The van der Waals surface area contributed by atoms with Gasteiger partial charge in [0.1, 0.15) is 24.3 Å². The second-order valence-electron chi connectivity index (χ2n) is 8.58. The number of carbonyl (C=O) groups is 1. The number of nitrogens with zero attached hydrogens (tertiary/aromatic N) is 4. The number of guanidine groups is 1. The number of aliphatic imine (C=N–C) groups is 2. The summed E-state index contributed by atoms with van der Waals surface area (Å²) in [4.78, 5) is 30.9. The second kappa shape index (κ2) is 12.1. The van der Waals surface area contributed by atoms with Crippen LogP contribution in [0.3, 0.4) is 0 Å². The van der Waals surface area contributed by atoms with E-state index in [9.17, 15) is 33.4 Å². The summed E-state index contributed by atoms with van der Waals surface area (Å²) in [6.07, 6.45) is -5.84. The highest BCUT2D eigenvalue weighted by atomic mass is 32.1. The van der Waals surface area contributed by atoms with Crippen LogP contribution in [-0.4, -0.2) is 76.3 Å². The maximum absolute atomic E-state index is 14.9. The predicted octanol–water partition coefficient (Wildman–Crippen LogP) is 2.08. The molecule has 3 rings (SSSR count). The number of nitro groups is 1. The highest BCUT2D eigenvalue weighted by Crippen LogP contribution is 2.48. The van der Waals surface area contributed by atoms with Crippen LogP contribution in [0.25, 0.3) is 0 Å². The summed E-state index contributed by atoms with van der Waals surface area (Å²) in [7, 11) is -4.49.